The fourth-order valence-corrected chi connectivity index (χ4v) is 8.15. The van der Waals surface area contributed by atoms with Crippen molar-refractivity contribution in [2.24, 2.45) is 35.0 Å². The van der Waals surface area contributed by atoms with E-state index in [2.05, 4.69) is 0 Å². The predicted molar refractivity (Wildman–Crippen MR) is 153 cm³/mol. The number of amides is 4. The number of allylic oxidation sites excluding steroid dienone is 1. The first-order chi connectivity index (χ1) is 19.4. The number of anilines is 2. The van der Waals surface area contributed by atoms with E-state index < -0.39 is 64.6 Å². The highest BCUT2D eigenvalue weighted by atomic mass is 35.5. The molecular weight excluding hydrogens is 614 g/mol. The Balaban J connectivity index is 1.54. The average molecular weight is 636 g/mol. The third kappa shape index (κ3) is 3.63. The number of nitrogens with zero attached hydrogens (tertiary/aromatic N) is 2. The minimum atomic E-state index is -1.53. The second kappa shape index (κ2) is 9.56. The third-order valence-electron chi connectivity index (χ3n) is 9.00. The Labute approximate surface area is 255 Å². The lowest BCUT2D eigenvalue weighted by Crippen LogP contribution is -2.61. The zero-order chi connectivity index (χ0) is 29.7. The van der Waals surface area contributed by atoms with Crippen LogP contribution in [0.25, 0.3) is 0 Å². The van der Waals surface area contributed by atoms with E-state index in [0.717, 1.165) is 9.80 Å². The number of hydrogen-bond acceptors (Lipinski definition) is 6. The molecule has 2 heterocycles. The van der Waals surface area contributed by atoms with Crippen LogP contribution in [0, 0.1) is 35.0 Å². The Bertz CT molecular complexity index is 1540. The maximum Gasteiger partial charge on any atom is 0.334 e. The molecule has 6 atom stereocenters. The number of rotatable bonds is 4. The van der Waals surface area contributed by atoms with Crippen LogP contribution in [0.3, 0.4) is 0 Å². The summed E-state index contributed by atoms with van der Waals surface area (Å²) in [5.74, 6) is -8.05. The zero-order valence-electron chi connectivity index (χ0n) is 21.9. The normalized spacial score (nSPS) is 30.4. The van der Waals surface area contributed by atoms with E-state index in [1.807, 2.05) is 0 Å². The van der Waals surface area contributed by atoms with Gasteiger partial charge < -0.3 is 4.74 Å². The second-order valence-electron chi connectivity index (χ2n) is 10.8. The number of imide groups is 2. The monoisotopic (exact) mass is 634 g/mol. The topological polar surface area (TPSA) is 101 Å². The van der Waals surface area contributed by atoms with Gasteiger partial charge in [0.1, 0.15) is 0 Å². The molecule has 2 aromatic rings. The smallest absolute Gasteiger partial charge is 0.334 e. The molecule has 212 valence electrons. The SMILES string of the molecule is CCOC(=O)C1=C(C)C2[C@H]3C(=O)N(c4ccc(Cl)c(Cl)c4)C(=O)[C@@H]3C1(C)[C@H]1C(=O)N(c3ccc(Cl)c(Cl)c3)C(=O)[C@@H]21. The quantitative estimate of drug-likeness (QED) is 0.314. The van der Waals surface area contributed by atoms with Gasteiger partial charge in [-0.2, -0.15) is 0 Å². The van der Waals surface area contributed by atoms with Crippen LogP contribution in [0.15, 0.2) is 47.5 Å². The summed E-state index contributed by atoms with van der Waals surface area (Å²) in [5.41, 5.74) is -0.496. The Hall–Kier alpha value is -2.91. The number of carbonyl (C=O) groups excluding carboxylic acids is 5. The van der Waals surface area contributed by atoms with Crippen LogP contribution in [-0.2, 0) is 28.7 Å². The van der Waals surface area contributed by atoms with Crippen LogP contribution in [-0.4, -0.2) is 36.2 Å². The number of carbonyl (C=O) groups is 5. The lowest BCUT2D eigenvalue weighted by molar-refractivity contribution is -0.155. The van der Waals surface area contributed by atoms with Crippen molar-refractivity contribution in [2.75, 3.05) is 16.4 Å². The Morgan fingerprint density at radius 2 is 1.20 bits per heavy atom. The molecule has 5 aliphatic rings. The van der Waals surface area contributed by atoms with Crippen molar-refractivity contribution < 1.29 is 28.7 Å². The molecule has 2 aromatic carbocycles. The van der Waals surface area contributed by atoms with Gasteiger partial charge in [0.25, 0.3) is 0 Å². The molecule has 12 heteroatoms. The lowest BCUT2D eigenvalue weighted by atomic mass is 9.43. The summed E-state index contributed by atoms with van der Waals surface area (Å²) >= 11 is 24.6. The minimum Gasteiger partial charge on any atom is -0.463 e. The van der Waals surface area contributed by atoms with E-state index in [1.165, 1.54) is 36.4 Å². The van der Waals surface area contributed by atoms with E-state index in [9.17, 15) is 24.0 Å². The van der Waals surface area contributed by atoms with Crippen molar-refractivity contribution in [2.45, 2.75) is 20.8 Å². The molecule has 7 rings (SSSR count). The number of hydrogen-bond donors (Lipinski definition) is 0. The molecule has 3 fully saturated rings. The van der Waals surface area contributed by atoms with Gasteiger partial charge in [-0.05, 0) is 50.2 Å². The molecule has 2 bridgehead atoms. The van der Waals surface area contributed by atoms with Crippen LogP contribution in [0.4, 0.5) is 11.4 Å². The molecular formula is C29H22Cl4N2O6. The van der Waals surface area contributed by atoms with Gasteiger partial charge in [0.05, 0.1) is 61.7 Å². The standard InChI is InChI=1S/C29H22Cl4N2O6/c1-4-41-28(40)21-11(2)18-19-22(26(38)34(24(19)36)12-5-7-14(30)16(32)9-12)29(21,3)23-20(18)25(37)35(27(23)39)13-6-8-15(31)17(33)10-13/h5-10,18-20,22-23H,4H2,1-3H3/t18?,19-,20+,22-,23-,29?/m1/s1. The molecule has 0 N–H and O–H groups in total. The van der Waals surface area contributed by atoms with Crippen molar-refractivity contribution in [3.8, 4) is 0 Å². The fourth-order valence-electron chi connectivity index (χ4n) is 7.57. The second-order valence-corrected chi connectivity index (χ2v) is 12.4. The van der Waals surface area contributed by atoms with Gasteiger partial charge in [-0.25, -0.2) is 14.6 Å². The highest BCUT2D eigenvalue weighted by Crippen LogP contribution is 2.69. The Morgan fingerprint density at radius 3 is 1.59 bits per heavy atom. The molecule has 1 saturated carbocycles. The highest BCUT2D eigenvalue weighted by molar-refractivity contribution is 6.43. The predicted octanol–water partition coefficient (Wildman–Crippen LogP) is 5.74. The third-order valence-corrected chi connectivity index (χ3v) is 10.5. The van der Waals surface area contributed by atoms with Crippen molar-refractivity contribution in [3.63, 3.8) is 0 Å². The number of halogens is 4. The molecule has 0 aromatic heterocycles. The van der Waals surface area contributed by atoms with E-state index in [1.54, 1.807) is 20.8 Å². The minimum absolute atomic E-state index is 0.0586. The molecule has 2 saturated heterocycles. The summed E-state index contributed by atoms with van der Waals surface area (Å²) in [6.07, 6.45) is 0. The summed E-state index contributed by atoms with van der Waals surface area (Å²) in [6.45, 7) is 4.99. The summed E-state index contributed by atoms with van der Waals surface area (Å²) in [7, 11) is 0. The van der Waals surface area contributed by atoms with Gasteiger partial charge in [0.2, 0.25) is 23.6 Å². The summed E-state index contributed by atoms with van der Waals surface area (Å²) < 4.78 is 5.39. The molecule has 8 nitrogen and oxygen atoms in total. The first-order valence-corrected chi connectivity index (χ1v) is 14.4. The van der Waals surface area contributed by atoms with Crippen LogP contribution in [0.1, 0.15) is 20.8 Å². The maximum absolute atomic E-state index is 14.2. The van der Waals surface area contributed by atoms with E-state index >= 15 is 0 Å². The van der Waals surface area contributed by atoms with Crippen LogP contribution < -0.4 is 9.80 Å². The van der Waals surface area contributed by atoms with Crippen LogP contribution in [0.2, 0.25) is 20.1 Å². The van der Waals surface area contributed by atoms with E-state index in [0.29, 0.717) is 5.57 Å². The van der Waals surface area contributed by atoms with Crippen molar-refractivity contribution in [1.82, 2.24) is 0 Å². The van der Waals surface area contributed by atoms with Gasteiger partial charge in [0, 0.05) is 16.9 Å². The van der Waals surface area contributed by atoms with Gasteiger partial charge in [-0.1, -0.05) is 58.9 Å². The molecule has 2 unspecified atom stereocenters. The largest absolute Gasteiger partial charge is 0.463 e. The summed E-state index contributed by atoms with van der Waals surface area (Å²) in [4.78, 5) is 72.1. The fraction of sp³-hybridized carbons (Fsp3) is 0.345. The average Bonchev–Trinajstić information content (AvgIpc) is 3.34. The van der Waals surface area contributed by atoms with Gasteiger partial charge in [-0.15, -0.1) is 0 Å². The van der Waals surface area contributed by atoms with Gasteiger partial charge >= 0.3 is 5.97 Å². The molecule has 41 heavy (non-hydrogen) atoms. The summed E-state index contributed by atoms with van der Waals surface area (Å²) in [6, 6.07) is 8.78. The number of ether oxygens (including phenoxy) is 1. The van der Waals surface area contributed by atoms with E-state index in [4.69, 9.17) is 51.1 Å². The molecule has 4 amide bonds. The molecule has 2 aliphatic heterocycles. The summed E-state index contributed by atoms with van der Waals surface area (Å²) in [5, 5.41) is 0.785. The van der Waals surface area contributed by atoms with E-state index in [-0.39, 0.29) is 43.6 Å². The molecule has 0 spiro atoms. The number of esters is 1. The Morgan fingerprint density at radius 1 is 0.756 bits per heavy atom. The van der Waals surface area contributed by atoms with Crippen molar-refractivity contribution in [3.05, 3.63) is 67.6 Å². The van der Waals surface area contributed by atoms with Gasteiger partial charge in [-0.3, -0.25) is 19.2 Å². The molecule has 3 aliphatic carbocycles. The lowest BCUT2D eigenvalue weighted by Gasteiger charge is -2.55. The van der Waals surface area contributed by atoms with Crippen molar-refractivity contribution in [1.29, 1.82) is 0 Å². The molecule has 0 radical (unpaired) electrons. The Kier molecular flexibility index (Phi) is 6.58. The number of benzene rings is 2. The first-order valence-electron chi connectivity index (χ1n) is 12.9. The maximum atomic E-state index is 14.2. The van der Waals surface area contributed by atoms with Crippen LogP contribution in [0.5, 0.6) is 0 Å². The van der Waals surface area contributed by atoms with Crippen molar-refractivity contribution >= 4 is 87.4 Å². The van der Waals surface area contributed by atoms with Crippen LogP contribution >= 0.6 is 46.4 Å². The van der Waals surface area contributed by atoms with Gasteiger partial charge in [0.15, 0.2) is 0 Å². The zero-order valence-corrected chi connectivity index (χ0v) is 24.9. The highest BCUT2D eigenvalue weighted by Gasteiger charge is 2.77. The first kappa shape index (κ1) is 28.2.